The molecule has 2 aromatic heterocycles. The van der Waals surface area contributed by atoms with Gasteiger partial charge < -0.3 is 9.73 Å². The van der Waals surface area contributed by atoms with Crippen molar-refractivity contribution in [2.24, 2.45) is 0 Å². The highest BCUT2D eigenvalue weighted by molar-refractivity contribution is 7.10. The summed E-state index contributed by atoms with van der Waals surface area (Å²) >= 11 is 13.9. The molecule has 3 aromatic rings. The standard InChI is InChI=1S/C15H13Cl2NOS/c1-2-18-14(15-11(17)5-6-20-15)13-8-9-7-10(16)3-4-12(9)19-13/h3-8,14,18H,2H2,1H3. The van der Waals surface area contributed by atoms with E-state index in [1.165, 1.54) is 0 Å². The molecule has 0 spiro atoms. The molecule has 2 nitrogen and oxygen atoms in total. The van der Waals surface area contributed by atoms with Gasteiger partial charge in [-0.05, 0) is 42.3 Å². The van der Waals surface area contributed by atoms with Gasteiger partial charge in [0.2, 0.25) is 0 Å². The first-order valence-electron chi connectivity index (χ1n) is 6.34. The van der Waals surface area contributed by atoms with E-state index in [1.54, 1.807) is 11.3 Å². The normalized spacial score (nSPS) is 12.9. The summed E-state index contributed by atoms with van der Waals surface area (Å²) in [6.07, 6.45) is 0. The van der Waals surface area contributed by atoms with E-state index in [1.807, 2.05) is 35.7 Å². The minimum atomic E-state index is -0.0290. The fraction of sp³-hybridized carbons (Fsp3) is 0.200. The van der Waals surface area contributed by atoms with E-state index in [2.05, 4.69) is 12.2 Å². The molecule has 3 rings (SSSR count). The lowest BCUT2D eigenvalue weighted by Gasteiger charge is -2.14. The van der Waals surface area contributed by atoms with Crippen LogP contribution in [0.3, 0.4) is 0 Å². The van der Waals surface area contributed by atoms with Crippen molar-refractivity contribution in [3.05, 3.63) is 56.4 Å². The molecule has 0 radical (unpaired) electrons. The number of hydrogen-bond donors (Lipinski definition) is 1. The molecule has 0 fully saturated rings. The summed E-state index contributed by atoms with van der Waals surface area (Å²) in [6, 6.07) is 9.52. The first-order valence-corrected chi connectivity index (χ1v) is 7.98. The Hall–Kier alpha value is -1.00. The lowest BCUT2D eigenvalue weighted by atomic mass is 10.1. The lowest BCUT2D eigenvalue weighted by Crippen LogP contribution is -2.20. The SMILES string of the molecule is CCNC(c1cc2cc(Cl)ccc2o1)c1sccc1Cl. The molecular formula is C15H13Cl2NOS. The molecule has 0 amide bonds. The summed E-state index contributed by atoms with van der Waals surface area (Å²) in [5.41, 5.74) is 0.833. The van der Waals surface area contributed by atoms with E-state index in [4.69, 9.17) is 27.6 Å². The minimum Gasteiger partial charge on any atom is -0.459 e. The van der Waals surface area contributed by atoms with Crippen LogP contribution in [-0.4, -0.2) is 6.54 Å². The predicted molar refractivity (Wildman–Crippen MR) is 86.1 cm³/mol. The monoisotopic (exact) mass is 325 g/mol. The van der Waals surface area contributed by atoms with Crippen molar-refractivity contribution in [3.8, 4) is 0 Å². The lowest BCUT2D eigenvalue weighted by molar-refractivity contribution is 0.481. The zero-order valence-corrected chi connectivity index (χ0v) is 13.1. The van der Waals surface area contributed by atoms with Gasteiger partial charge in [0.15, 0.2) is 0 Å². The maximum Gasteiger partial charge on any atom is 0.134 e. The Morgan fingerprint density at radius 3 is 2.80 bits per heavy atom. The van der Waals surface area contributed by atoms with E-state index in [-0.39, 0.29) is 6.04 Å². The summed E-state index contributed by atoms with van der Waals surface area (Å²) in [6.45, 7) is 2.89. The van der Waals surface area contributed by atoms with Crippen LogP contribution in [0.15, 0.2) is 40.1 Å². The number of benzene rings is 1. The quantitative estimate of drug-likeness (QED) is 0.685. The third-order valence-electron chi connectivity index (χ3n) is 3.10. The van der Waals surface area contributed by atoms with Crippen LogP contribution in [0, 0.1) is 0 Å². The van der Waals surface area contributed by atoms with Crippen molar-refractivity contribution in [1.29, 1.82) is 0 Å². The fourth-order valence-corrected chi connectivity index (χ4v) is 3.64. The smallest absolute Gasteiger partial charge is 0.134 e. The van der Waals surface area contributed by atoms with Crippen molar-refractivity contribution in [2.75, 3.05) is 6.54 Å². The number of hydrogen-bond acceptors (Lipinski definition) is 3. The van der Waals surface area contributed by atoms with Crippen LogP contribution in [0.1, 0.15) is 23.6 Å². The average molecular weight is 326 g/mol. The van der Waals surface area contributed by atoms with Crippen molar-refractivity contribution in [3.63, 3.8) is 0 Å². The number of thiophene rings is 1. The van der Waals surface area contributed by atoms with E-state index >= 15 is 0 Å². The highest BCUT2D eigenvalue weighted by Crippen LogP contribution is 2.35. The maximum atomic E-state index is 6.25. The van der Waals surface area contributed by atoms with Crippen LogP contribution < -0.4 is 5.32 Å². The van der Waals surface area contributed by atoms with Crippen molar-refractivity contribution in [1.82, 2.24) is 5.32 Å². The first kappa shape index (κ1) is 14.0. The van der Waals surface area contributed by atoms with Crippen LogP contribution in [0.5, 0.6) is 0 Å². The number of rotatable bonds is 4. The summed E-state index contributed by atoms with van der Waals surface area (Å²) in [5.74, 6) is 0.855. The molecule has 20 heavy (non-hydrogen) atoms. The zero-order chi connectivity index (χ0) is 14.1. The second-order valence-electron chi connectivity index (χ2n) is 4.45. The van der Waals surface area contributed by atoms with Gasteiger partial charge in [0.25, 0.3) is 0 Å². The van der Waals surface area contributed by atoms with Gasteiger partial charge in [0, 0.05) is 15.3 Å². The van der Waals surface area contributed by atoms with Crippen molar-refractivity contribution in [2.45, 2.75) is 13.0 Å². The van der Waals surface area contributed by atoms with E-state index in [9.17, 15) is 0 Å². The topological polar surface area (TPSA) is 25.2 Å². The fourth-order valence-electron chi connectivity index (χ4n) is 2.22. The molecule has 1 atom stereocenters. The van der Waals surface area contributed by atoms with Gasteiger partial charge in [-0.15, -0.1) is 11.3 Å². The second-order valence-corrected chi connectivity index (χ2v) is 6.25. The van der Waals surface area contributed by atoms with Gasteiger partial charge in [0.05, 0.1) is 5.02 Å². The Kier molecular flexibility index (Phi) is 4.03. The highest BCUT2D eigenvalue weighted by atomic mass is 35.5. The number of furan rings is 1. The molecule has 0 saturated carbocycles. The molecular weight excluding hydrogens is 313 g/mol. The van der Waals surface area contributed by atoms with Gasteiger partial charge in [-0.1, -0.05) is 30.1 Å². The van der Waals surface area contributed by atoms with Gasteiger partial charge in [0.1, 0.15) is 17.4 Å². The maximum absolute atomic E-state index is 6.25. The number of nitrogens with one attached hydrogen (secondary N) is 1. The summed E-state index contributed by atoms with van der Waals surface area (Å²) in [5, 5.41) is 7.88. The molecule has 2 heterocycles. The van der Waals surface area contributed by atoms with Crippen LogP contribution >= 0.6 is 34.5 Å². The number of fused-ring (bicyclic) bond motifs is 1. The molecule has 0 aliphatic carbocycles. The second kappa shape index (κ2) is 5.78. The Balaban J connectivity index is 2.07. The molecule has 1 unspecified atom stereocenters. The van der Waals surface area contributed by atoms with Gasteiger partial charge >= 0.3 is 0 Å². The van der Waals surface area contributed by atoms with E-state index in [0.29, 0.717) is 5.02 Å². The summed E-state index contributed by atoms with van der Waals surface area (Å²) in [4.78, 5) is 1.07. The third-order valence-corrected chi connectivity index (χ3v) is 4.76. The Bertz CT molecular complexity index is 734. The minimum absolute atomic E-state index is 0.0290. The summed E-state index contributed by atoms with van der Waals surface area (Å²) in [7, 11) is 0. The van der Waals surface area contributed by atoms with Crippen LogP contribution in [0.25, 0.3) is 11.0 Å². The first-order chi connectivity index (χ1) is 9.69. The molecule has 5 heteroatoms. The Morgan fingerprint density at radius 2 is 2.10 bits per heavy atom. The molecule has 1 N–H and O–H groups in total. The van der Waals surface area contributed by atoms with E-state index < -0.39 is 0 Å². The Morgan fingerprint density at radius 1 is 1.25 bits per heavy atom. The van der Waals surface area contributed by atoms with Gasteiger partial charge in [-0.2, -0.15) is 0 Å². The van der Waals surface area contributed by atoms with Crippen LogP contribution in [-0.2, 0) is 0 Å². The molecule has 1 aromatic carbocycles. The molecule has 104 valence electrons. The van der Waals surface area contributed by atoms with Crippen molar-refractivity contribution >= 4 is 45.5 Å². The van der Waals surface area contributed by atoms with Gasteiger partial charge in [-0.3, -0.25) is 0 Å². The largest absolute Gasteiger partial charge is 0.459 e. The molecule has 0 saturated heterocycles. The van der Waals surface area contributed by atoms with Crippen molar-refractivity contribution < 1.29 is 4.42 Å². The number of halogens is 2. The predicted octanol–water partition coefficient (Wildman–Crippen LogP) is 5.50. The van der Waals surface area contributed by atoms with Crippen LogP contribution in [0.2, 0.25) is 10.0 Å². The molecule has 0 aliphatic rings. The van der Waals surface area contributed by atoms with Gasteiger partial charge in [-0.25, -0.2) is 0 Å². The third kappa shape index (κ3) is 2.59. The molecule has 0 aliphatic heterocycles. The average Bonchev–Trinajstić information content (AvgIpc) is 3.01. The molecule has 0 bridgehead atoms. The van der Waals surface area contributed by atoms with E-state index in [0.717, 1.165) is 33.2 Å². The Labute approximate surface area is 131 Å². The van der Waals surface area contributed by atoms with Crippen LogP contribution in [0.4, 0.5) is 0 Å². The zero-order valence-electron chi connectivity index (χ0n) is 10.8. The summed E-state index contributed by atoms with van der Waals surface area (Å²) < 4.78 is 5.94. The highest BCUT2D eigenvalue weighted by Gasteiger charge is 2.21.